The van der Waals surface area contributed by atoms with Crippen molar-refractivity contribution in [1.82, 2.24) is 15.0 Å². The third-order valence-corrected chi connectivity index (χ3v) is 2.11. The number of aryl methyl sites for hydroxylation is 1. The Labute approximate surface area is 95.4 Å². The van der Waals surface area contributed by atoms with E-state index in [-0.39, 0.29) is 11.5 Å². The summed E-state index contributed by atoms with van der Waals surface area (Å²) in [6, 6.07) is 2.57. The average Bonchev–Trinajstić information content (AvgIpc) is 2.29. The normalized spacial score (nSPS) is 11.5. The molecule has 0 radical (unpaired) electrons. The van der Waals surface area contributed by atoms with Gasteiger partial charge >= 0.3 is 6.18 Å². The summed E-state index contributed by atoms with van der Waals surface area (Å²) in [7, 11) is 0. The Bertz CT molecular complexity index is 523. The van der Waals surface area contributed by atoms with Gasteiger partial charge in [0.1, 0.15) is 5.69 Å². The van der Waals surface area contributed by atoms with Gasteiger partial charge in [-0.25, -0.2) is 9.97 Å². The van der Waals surface area contributed by atoms with E-state index in [2.05, 4.69) is 15.0 Å². The van der Waals surface area contributed by atoms with Crippen LogP contribution < -0.4 is 0 Å². The predicted molar refractivity (Wildman–Crippen MR) is 55.0 cm³/mol. The lowest BCUT2D eigenvalue weighted by molar-refractivity contribution is -0.137. The second-order valence-corrected chi connectivity index (χ2v) is 3.48. The smallest absolute Gasteiger partial charge is 0.252 e. The van der Waals surface area contributed by atoms with Crippen LogP contribution in [0.1, 0.15) is 11.1 Å². The van der Waals surface area contributed by atoms with Crippen molar-refractivity contribution in [2.75, 3.05) is 0 Å². The molecule has 0 aliphatic rings. The Kier molecular flexibility index (Phi) is 2.79. The van der Waals surface area contributed by atoms with Crippen molar-refractivity contribution in [2.24, 2.45) is 0 Å². The highest BCUT2D eigenvalue weighted by Crippen LogP contribution is 2.34. The van der Waals surface area contributed by atoms with Gasteiger partial charge in [-0.2, -0.15) is 13.2 Å². The van der Waals surface area contributed by atoms with E-state index < -0.39 is 11.7 Å². The molecule has 17 heavy (non-hydrogen) atoms. The molecule has 0 saturated carbocycles. The second kappa shape index (κ2) is 4.12. The zero-order chi connectivity index (χ0) is 12.5. The first-order valence-corrected chi connectivity index (χ1v) is 4.80. The second-order valence-electron chi connectivity index (χ2n) is 3.48. The summed E-state index contributed by atoms with van der Waals surface area (Å²) < 4.78 is 38.5. The monoisotopic (exact) mass is 239 g/mol. The number of hydrogen-bond donors (Lipinski definition) is 0. The molecule has 0 aliphatic carbocycles. The third-order valence-electron chi connectivity index (χ3n) is 2.11. The summed E-state index contributed by atoms with van der Waals surface area (Å²) >= 11 is 0. The standard InChI is InChI=1S/C11H8F3N3/c1-7-5-8(11(12,13)14)9(17-6-7)10-15-3-2-4-16-10/h2-6H,1H3. The summed E-state index contributed by atoms with van der Waals surface area (Å²) in [6.45, 7) is 1.55. The third kappa shape index (κ3) is 2.41. The van der Waals surface area contributed by atoms with Crippen LogP contribution in [0.2, 0.25) is 0 Å². The first-order valence-electron chi connectivity index (χ1n) is 4.80. The molecule has 0 amide bonds. The van der Waals surface area contributed by atoms with Crippen LogP contribution in [-0.2, 0) is 6.18 Å². The van der Waals surface area contributed by atoms with E-state index in [9.17, 15) is 13.2 Å². The first-order chi connectivity index (χ1) is 7.98. The van der Waals surface area contributed by atoms with Crippen LogP contribution in [0.15, 0.2) is 30.7 Å². The van der Waals surface area contributed by atoms with Gasteiger partial charge in [-0.05, 0) is 24.6 Å². The molecular weight excluding hydrogens is 231 g/mol. The maximum Gasteiger partial charge on any atom is 0.418 e. The van der Waals surface area contributed by atoms with Gasteiger partial charge in [0.2, 0.25) is 0 Å². The van der Waals surface area contributed by atoms with Gasteiger partial charge in [0, 0.05) is 18.6 Å². The summed E-state index contributed by atoms with van der Waals surface area (Å²) in [5.41, 5.74) is -0.621. The summed E-state index contributed by atoms with van der Waals surface area (Å²) in [4.78, 5) is 11.3. The summed E-state index contributed by atoms with van der Waals surface area (Å²) in [5.74, 6) is -0.0279. The minimum atomic E-state index is -4.46. The molecule has 0 atom stereocenters. The van der Waals surface area contributed by atoms with Crippen LogP contribution in [-0.4, -0.2) is 15.0 Å². The van der Waals surface area contributed by atoms with Gasteiger partial charge in [0.15, 0.2) is 5.82 Å². The average molecular weight is 239 g/mol. The van der Waals surface area contributed by atoms with Gasteiger partial charge in [0.25, 0.3) is 0 Å². The molecule has 0 aromatic carbocycles. The fourth-order valence-electron chi connectivity index (χ4n) is 1.38. The number of aromatic nitrogens is 3. The van der Waals surface area contributed by atoms with Crippen LogP contribution in [0.3, 0.4) is 0 Å². The molecule has 2 aromatic rings. The quantitative estimate of drug-likeness (QED) is 0.768. The SMILES string of the molecule is Cc1cnc(-c2ncccn2)c(C(F)(F)F)c1. The van der Waals surface area contributed by atoms with Gasteiger partial charge in [-0.3, -0.25) is 4.98 Å². The highest BCUT2D eigenvalue weighted by atomic mass is 19.4. The van der Waals surface area contributed by atoms with Crippen LogP contribution in [0, 0.1) is 6.92 Å². The van der Waals surface area contributed by atoms with Gasteiger partial charge < -0.3 is 0 Å². The van der Waals surface area contributed by atoms with Crippen LogP contribution in [0.25, 0.3) is 11.5 Å². The van der Waals surface area contributed by atoms with Crippen LogP contribution in [0.5, 0.6) is 0 Å². The molecule has 0 aliphatic heterocycles. The van der Waals surface area contributed by atoms with E-state index in [1.54, 1.807) is 6.92 Å². The minimum absolute atomic E-state index is 0.0279. The highest BCUT2D eigenvalue weighted by molar-refractivity contribution is 5.55. The van der Waals surface area contributed by atoms with Crippen molar-refractivity contribution >= 4 is 0 Å². The van der Waals surface area contributed by atoms with Gasteiger partial charge in [0.05, 0.1) is 5.56 Å². The van der Waals surface area contributed by atoms with Gasteiger partial charge in [-0.15, -0.1) is 0 Å². The van der Waals surface area contributed by atoms with E-state index in [1.165, 1.54) is 24.7 Å². The molecule has 6 heteroatoms. The molecule has 3 nitrogen and oxygen atoms in total. The zero-order valence-corrected chi connectivity index (χ0v) is 8.86. The molecule has 2 aromatic heterocycles. The summed E-state index contributed by atoms with van der Waals surface area (Å²) in [5, 5.41) is 0. The Hall–Kier alpha value is -1.98. The molecule has 2 heterocycles. The van der Waals surface area contributed by atoms with Crippen molar-refractivity contribution in [1.29, 1.82) is 0 Å². The van der Waals surface area contributed by atoms with E-state index in [4.69, 9.17) is 0 Å². The van der Waals surface area contributed by atoms with Crippen LogP contribution in [0.4, 0.5) is 13.2 Å². The van der Waals surface area contributed by atoms with Gasteiger partial charge in [-0.1, -0.05) is 0 Å². The highest BCUT2D eigenvalue weighted by Gasteiger charge is 2.35. The molecule has 0 spiro atoms. The fraction of sp³-hybridized carbons (Fsp3) is 0.182. The minimum Gasteiger partial charge on any atom is -0.252 e. The zero-order valence-electron chi connectivity index (χ0n) is 8.86. The summed E-state index contributed by atoms with van der Waals surface area (Å²) in [6.07, 6.45) is -0.345. The maximum atomic E-state index is 12.8. The molecule has 0 unspecified atom stereocenters. The Balaban J connectivity index is 2.63. The van der Waals surface area contributed by atoms with Crippen molar-refractivity contribution in [3.05, 3.63) is 41.9 Å². The molecule has 2 rings (SSSR count). The number of pyridine rings is 1. The van der Waals surface area contributed by atoms with E-state index in [0.717, 1.165) is 6.07 Å². The van der Waals surface area contributed by atoms with Crippen molar-refractivity contribution in [3.8, 4) is 11.5 Å². The number of rotatable bonds is 1. The Morgan fingerprint density at radius 1 is 1.06 bits per heavy atom. The Morgan fingerprint density at radius 2 is 1.71 bits per heavy atom. The molecule has 0 fully saturated rings. The number of hydrogen-bond acceptors (Lipinski definition) is 3. The Morgan fingerprint density at radius 3 is 2.29 bits per heavy atom. The molecular formula is C11H8F3N3. The van der Waals surface area contributed by atoms with E-state index in [0.29, 0.717) is 5.56 Å². The maximum absolute atomic E-state index is 12.8. The van der Waals surface area contributed by atoms with Crippen molar-refractivity contribution in [3.63, 3.8) is 0 Å². The van der Waals surface area contributed by atoms with Crippen molar-refractivity contribution < 1.29 is 13.2 Å². The van der Waals surface area contributed by atoms with Crippen molar-refractivity contribution in [2.45, 2.75) is 13.1 Å². The lowest BCUT2D eigenvalue weighted by Gasteiger charge is -2.11. The molecule has 0 saturated heterocycles. The molecule has 88 valence electrons. The molecule has 0 bridgehead atoms. The number of nitrogens with zero attached hydrogens (tertiary/aromatic N) is 3. The lowest BCUT2D eigenvalue weighted by atomic mass is 10.1. The fourth-order valence-corrected chi connectivity index (χ4v) is 1.38. The lowest BCUT2D eigenvalue weighted by Crippen LogP contribution is -2.10. The number of halogens is 3. The largest absolute Gasteiger partial charge is 0.418 e. The predicted octanol–water partition coefficient (Wildman–Crippen LogP) is 2.87. The van der Waals surface area contributed by atoms with E-state index >= 15 is 0 Å². The topological polar surface area (TPSA) is 38.7 Å². The number of alkyl halides is 3. The first kappa shape index (κ1) is 11.5. The molecule has 0 N–H and O–H groups in total. The van der Waals surface area contributed by atoms with Crippen LogP contribution >= 0.6 is 0 Å². The van der Waals surface area contributed by atoms with E-state index in [1.807, 2.05) is 0 Å².